The van der Waals surface area contributed by atoms with Crippen molar-refractivity contribution in [1.82, 2.24) is 5.32 Å². The van der Waals surface area contributed by atoms with Crippen molar-refractivity contribution in [3.05, 3.63) is 65.2 Å². The maximum Gasteiger partial charge on any atom is 0.251 e. The molecule has 0 radical (unpaired) electrons. The zero-order valence-electron chi connectivity index (χ0n) is 15.4. The number of nitrogens with zero attached hydrogens (tertiary/aromatic N) is 1. The van der Waals surface area contributed by atoms with Gasteiger partial charge in [-0.2, -0.15) is 0 Å². The van der Waals surface area contributed by atoms with Crippen LogP contribution in [0.1, 0.15) is 48.2 Å². The third-order valence-electron chi connectivity index (χ3n) is 4.16. The van der Waals surface area contributed by atoms with E-state index in [0.29, 0.717) is 24.6 Å². The van der Waals surface area contributed by atoms with Crippen molar-refractivity contribution in [3.63, 3.8) is 0 Å². The first-order valence-electron chi connectivity index (χ1n) is 8.62. The van der Waals surface area contributed by atoms with Crippen LogP contribution in [-0.2, 0) is 4.79 Å². The van der Waals surface area contributed by atoms with Gasteiger partial charge in [0.1, 0.15) is 0 Å². The van der Waals surface area contributed by atoms with Crippen LogP contribution in [0.5, 0.6) is 0 Å². The summed E-state index contributed by atoms with van der Waals surface area (Å²) in [5.41, 5.74) is 3.78. The number of benzene rings is 2. The van der Waals surface area contributed by atoms with Gasteiger partial charge in [-0.1, -0.05) is 49.7 Å². The molecular weight excluding hydrogens is 312 g/mol. The summed E-state index contributed by atoms with van der Waals surface area (Å²) >= 11 is 0. The molecule has 2 amide bonds. The zero-order chi connectivity index (χ0) is 18.4. The van der Waals surface area contributed by atoms with Gasteiger partial charge in [0, 0.05) is 31.3 Å². The van der Waals surface area contributed by atoms with Crippen molar-refractivity contribution in [2.24, 2.45) is 0 Å². The number of carbonyl (C=O) groups excluding carboxylic acids is 2. The van der Waals surface area contributed by atoms with E-state index >= 15 is 0 Å². The summed E-state index contributed by atoms with van der Waals surface area (Å²) in [6.07, 6.45) is 0. The molecule has 0 aliphatic heterocycles. The van der Waals surface area contributed by atoms with Gasteiger partial charge < -0.3 is 10.2 Å². The fourth-order valence-electron chi connectivity index (χ4n) is 2.76. The van der Waals surface area contributed by atoms with Crippen molar-refractivity contribution in [2.75, 3.05) is 18.0 Å². The Bertz CT molecular complexity index is 736. The molecule has 25 heavy (non-hydrogen) atoms. The molecule has 0 aliphatic carbocycles. The Labute approximate surface area is 149 Å². The first kappa shape index (κ1) is 18.7. The Kier molecular flexibility index (Phi) is 6.34. The van der Waals surface area contributed by atoms with E-state index < -0.39 is 0 Å². The minimum absolute atomic E-state index is 0.0299. The van der Waals surface area contributed by atoms with E-state index in [-0.39, 0.29) is 11.8 Å². The van der Waals surface area contributed by atoms with Gasteiger partial charge >= 0.3 is 0 Å². The normalized spacial score (nSPS) is 10.6. The predicted molar refractivity (Wildman–Crippen MR) is 102 cm³/mol. The lowest BCUT2D eigenvalue weighted by molar-refractivity contribution is -0.116. The van der Waals surface area contributed by atoms with Crippen LogP contribution >= 0.6 is 0 Å². The van der Waals surface area contributed by atoms with Crippen molar-refractivity contribution < 1.29 is 9.59 Å². The highest BCUT2D eigenvalue weighted by atomic mass is 16.2. The number of hydrogen-bond acceptors (Lipinski definition) is 2. The van der Waals surface area contributed by atoms with Crippen molar-refractivity contribution in [3.8, 4) is 0 Å². The van der Waals surface area contributed by atoms with Gasteiger partial charge in [-0.25, -0.2) is 0 Å². The summed E-state index contributed by atoms with van der Waals surface area (Å²) < 4.78 is 0. The van der Waals surface area contributed by atoms with Crippen LogP contribution in [0.4, 0.5) is 5.69 Å². The van der Waals surface area contributed by atoms with Crippen LogP contribution in [0.25, 0.3) is 0 Å². The molecule has 0 saturated heterocycles. The molecule has 0 bridgehead atoms. The van der Waals surface area contributed by atoms with E-state index in [4.69, 9.17) is 0 Å². The van der Waals surface area contributed by atoms with Crippen LogP contribution in [0.15, 0.2) is 48.5 Å². The van der Waals surface area contributed by atoms with Gasteiger partial charge in [0.05, 0.1) is 0 Å². The highest BCUT2D eigenvalue weighted by Crippen LogP contribution is 2.27. The van der Waals surface area contributed by atoms with E-state index in [2.05, 4.69) is 19.2 Å². The number of carbonyl (C=O) groups is 2. The monoisotopic (exact) mass is 338 g/mol. The molecule has 0 spiro atoms. The second kappa shape index (κ2) is 8.47. The minimum Gasteiger partial charge on any atom is -0.350 e. The second-order valence-corrected chi connectivity index (χ2v) is 6.51. The Hall–Kier alpha value is -2.62. The van der Waals surface area contributed by atoms with Crippen molar-refractivity contribution in [1.29, 1.82) is 0 Å². The lowest BCUT2D eigenvalue weighted by Crippen LogP contribution is -2.38. The van der Waals surface area contributed by atoms with E-state index in [0.717, 1.165) is 16.8 Å². The average molecular weight is 338 g/mol. The summed E-state index contributed by atoms with van der Waals surface area (Å²) in [6, 6.07) is 15.4. The summed E-state index contributed by atoms with van der Waals surface area (Å²) in [7, 11) is 0. The van der Waals surface area contributed by atoms with E-state index in [1.807, 2.05) is 55.5 Å². The summed E-state index contributed by atoms with van der Waals surface area (Å²) in [5, 5.41) is 2.89. The molecule has 0 heterocycles. The molecule has 0 atom stereocenters. The molecule has 0 aromatic heterocycles. The number of hydrogen-bond donors (Lipinski definition) is 1. The summed E-state index contributed by atoms with van der Waals surface area (Å²) in [4.78, 5) is 26.0. The number of rotatable bonds is 6. The largest absolute Gasteiger partial charge is 0.350 e. The van der Waals surface area contributed by atoms with Crippen molar-refractivity contribution >= 4 is 17.5 Å². The van der Waals surface area contributed by atoms with Gasteiger partial charge in [-0.05, 0) is 36.6 Å². The van der Waals surface area contributed by atoms with Crippen LogP contribution in [0, 0.1) is 6.92 Å². The number of para-hydroxylation sites is 1. The molecule has 2 aromatic carbocycles. The van der Waals surface area contributed by atoms with Gasteiger partial charge in [0.2, 0.25) is 5.91 Å². The SMILES string of the molecule is CC(=O)N(CCNC(=O)c1ccc(C)cc1)c1ccccc1C(C)C. The van der Waals surface area contributed by atoms with Crippen molar-refractivity contribution in [2.45, 2.75) is 33.6 Å². The van der Waals surface area contributed by atoms with Gasteiger partial charge in [-0.3, -0.25) is 9.59 Å². The van der Waals surface area contributed by atoms with Gasteiger partial charge in [0.25, 0.3) is 5.91 Å². The van der Waals surface area contributed by atoms with Gasteiger partial charge in [0.15, 0.2) is 0 Å². The summed E-state index contributed by atoms with van der Waals surface area (Å²) in [6.45, 7) is 8.60. The van der Waals surface area contributed by atoms with Gasteiger partial charge in [-0.15, -0.1) is 0 Å². The highest BCUT2D eigenvalue weighted by Gasteiger charge is 2.16. The minimum atomic E-state index is -0.124. The summed E-state index contributed by atoms with van der Waals surface area (Å²) in [5.74, 6) is 0.165. The molecule has 0 fully saturated rings. The highest BCUT2D eigenvalue weighted by molar-refractivity contribution is 5.95. The first-order chi connectivity index (χ1) is 11.9. The number of amides is 2. The van der Waals surface area contributed by atoms with Crippen LogP contribution in [0.2, 0.25) is 0 Å². The average Bonchev–Trinajstić information content (AvgIpc) is 2.58. The predicted octanol–water partition coefficient (Wildman–Crippen LogP) is 3.90. The fraction of sp³-hybridized carbons (Fsp3) is 0.333. The van der Waals surface area contributed by atoms with E-state index in [9.17, 15) is 9.59 Å². The third-order valence-corrected chi connectivity index (χ3v) is 4.16. The molecule has 2 rings (SSSR count). The maximum absolute atomic E-state index is 12.2. The molecule has 2 aromatic rings. The number of nitrogens with one attached hydrogen (secondary N) is 1. The standard InChI is InChI=1S/C21H26N2O2/c1-15(2)19-7-5-6-8-20(19)23(17(4)24)14-13-22-21(25)18-11-9-16(3)10-12-18/h5-12,15H,13-14H2,1-4H3,(H,22,25). The molecule has 4 heteroatoms. The Morgan fingerprint density at radius 3 is 2.28 bits per heavy atom. The molecule has 0 aliphatic rings. The number of anilines is 1. The Morgan fingerprint density at radius 2 is 1.68 bits per heavy atom. The van der Waals surface area contributed by atoms with Crippen LogP contribution < -0.4 is 10.2 Å². The molecule has 0 saturated carbocycles. The molecule has 1 N–H and O–H groups in total. The second-order valence-electron chi connectivity index (χ2n) is 6.51. The van der Waals surface area contributed by atoms with E-state index in [1.54, 1.807) is 11.8 Å². The van der Waals surface area contributed by atoms with Crippen LogP contribution in [0.3, 0.4) is 0 Å². The fourth-order valence-corrected chi connectivity index (χ4v) is 2.76. The topological polar surface area (TPSA) is 49.4 Å². The first-order valence-corrected chi connectivity index (χ1v) is 8.62. The molecule has 0 unspecified atom stereocenters. The number of aryl methyl sites for hydroxylation is 1. The molecule has 132 valence electrons. The maximum atomic E-state index is 12.2. The van der Waals surface area contributed by atoms with E-state index in [1.165, 1.54) is 0 Å². The zero-order valence-corrected chi connectivity index (χ0v) is 15.4. The Morgan fingerprint density at radius 1 is 1.04 bits per heavy atom. The quantitative estimate of drug-likeness (QED) is 0.868. The lowest BCUT2D eigenvalue weighted by atomic mass is 10.0. The Balaban J connectivity index is 2.05. The molecule has 4 nitrogen and oxygen atoms in total. The molecular formula is C21H26N2O2. The third kappa shape index (κ3) is 4.92. The smallest absolute Gasteiger partial charge is 0.251 e. The lowest BCUT2D eigenvalue weighted by Gasteiger charge is -2.25. The van der Waals surface area contributed by atoms with Crippen LogP contribution in [-0.4, -0.2) is 24.9 Å².